The number of nitrogens with one attached hydrogen (secondary N) is 1. The summed E-state index contributed by atoms with van der Waals surface area (Å²) in [7, 11) is 1.86. The largest absolute Gasteiger partial charge is 0.287 e. The number of pyridine rings is 1. The molecule has 1 N–H and O–H groups in total. The summed E-state index contributed by atoms with van der Waals surface area (Å²) in [6.45, 7) is 0.962. The molecule has 2 rings (SSSR count). The van der Waals surface area contributed by atoms with Gasteiger partial charge in [0.15, 0.2) is 0 Å². The fourth-order valence-electron chi connectivity index (χ4n) is 2.11. The summed E-state index contributed by atoms with van der Waals surface area (Å²) in [5, 5.41) is 12.7. The van der Waals surface area contributed by atoms with Gasteiger partial charge >= 0.3 is 0 Å². The van der Waals surface area contributed by atoms with Crippen molar-refractivity contribution in [3.63, 3.8) is 0 Å². The average Bonchev–Trinajstić information content (AvgIpc) is 2.77. The van der Waals surface area contributed by atoms with Crippen LogP contribution in [0, 0.1) is 10.1 Å². The molecule has 1 aliphatic heterocycles. The fourth-order valence-corrected chi connectivity index (χ4v) is 2.11. The number of hydrogen-bond donors (Lipinski definition) is 1. The third-order valence-electron chi connectivity index (χ3n) is 2.88. The van der Waals surface area contributed by atoms with E-state index in [2.05, 4.69) is 15.4 Å². The molecule has 1 saturated heterocycles. The van der Waals surface area contributed by atoms with Crippen molar-refractivity contribution in [3.05, 3.63) is 34.1 Å². The number of hydrazine groups is 1. The highest BCUT2D eigenvalue weighted by atomic mass is 16.6. The SMILES string of the molecule is CNN1CCCC1c1cncc([N+](=O)[O-])c1. The van der Waals surface area contributed by atoms with Crippen molar-refractivity contribution in [2.75, 3.05) is 13.6 Å². The zero-order valence-corrected chi connectivity index (χ0v) is 9.09. The molecule has 16 heavy (non-hydrogen) atoms. The van der Waals surface area contributed by atoms with Gasteiger partial charge < -0.3 is 0 Å². The van der Waals surface area contributed by atoms with Crippen molar-refractivity contribution >= 4 is 5.69 Å². The lowest BCUT2D eigenvalue weighted by molar-refractivity contribution is -0.385. The predicted octanol–water partition coefficient (Wildman–Crippen LogP) is 1.26. The smallest absolute Gasteiger partial charge is 0.258 e. The van der Waals surface area contributed by atoms with E-state index in [1.807, 2.05) is 7.05 Å². The minimum Gasteiger partial charge on any atom is -0.258 e. The number of rotatable bonds is 3. The first-order valence-electron chi connectivity index (χ1n) is 5.25. The molecule has 0 spiro atoms. The number of hydrogen-bond acceptors (Lipinski definition) is 5. The molecule has 1 atom stereocenters. The molecule has 0 amide bonds. The third-order valence-corrected chi connectivity index (χ3v) is 2.88. The summed E-state index contributed by atoms with van der Waals surface area (Å²) in [6.07, 6.45) is 5.08. The summed E-state index contributed by atoms with van der Waals surface area (Å²) in [5.41, 5.74) is 4.06. The maximum atomic E-state index is 10.7. The molecule has 0 aromatic carbocycles. The van der Waals surface area contributed by atoms with E-state index in [9.17, 15) is 10.1 Å². The highest BCUT2D eigenvalue weighted by Crippen LogP contribution is 2.30. The van der Waals surface area contributed by atoms with Crippen LogP contribution < -0.4 is 5.43 Å². The van der Waals surface area contributed by atoms with Gasteiger partial charge in [-0.3, -0.25) is 20.5 Å². The summed E-state index contributed by atoms with van der Waals surface area (Å²) in [6, 6.07) is 1.80. The molecule has 1 fully saturated rings. The van der Waals surface area contributed by atoms with Crippen LogP contribution in [0.2, 0.25) is 0 Å². The zero-order chi connectivity index (χ0) is 11.5. The summed E-state index contributed by atoms with van der Waals surface area (Å²) < 4.78 is 0. The van der Waals surface area contributed by atoms with Gasteiger partial charge in [0, 0.05) is 18.8 Å². The van der Waals surface area contributed by atoms with Gasteiger partial charge in [-0.05, 0) is 25.5 Å². The molecular weight excluding hydrogens is 208 g/mol. The van der Waals surface area contributed by atoms with Crippen LogP contribution in [0.1, 0.15) is 24.4 Å². The van der Waals surface area contributed by atoms with Crippen LogP contribution in [0.25, 0.3) is 0 Å². The maximum Gasteiger partial charge on any atom is 0.287 e. The minimum absolute atomic E-state index is 0.0560. The summed E-state index contributed by atoms with van der Waals surface area (Å²) in [5.74, 6) is 0. The normalized spacial score (nSPS) is 21.2. The van der Waals surface area contributed by atoms with E-state index >= 15 is 0 Å². The molecule has 0 aliphatic carbocycles. The Bertz CT molecular complexity index is 396. The van der Waals surface area contributed by atoms with E-state index in [1.54, 1.807) is 12.3 Å². The minimum atomic E-state index is -0.408. The van der Waals surface area contributed by atoms with Gasteiger partial charge in [0.05, 0.1) is 11.0 Å². The van der Waals surface area contributed by atoms with Crippen molar-refractivity contribution in [3.8, 4) is 0 Å². The number of nitro groups is 1. The third kappa shape index (κ3) is 2.02. The Morgan fingerprint density at radius 1 is 1.62 bits per heavy atom. The Morgan fingerprint density at radius 3 is 3.12 bits per heavy atom. The highest BCUT2D eigenvalue weighted by Gasteiger charge is 2.26. The Kier molecular flexibility index (Phi) is 3.12. The van der Waals surface area contributed by atoms with Gasteiger partial charge in [-0.1, -0.05) is 0 Å². The molecule has 1 aromatic heterocycles. The molecule has 6 heteroatoms. The monoisotopic (exact) mass is 222 g/mol. The molecular formula is C10H14N4O2. The van der Waals surface area contributed by atoms with E-state index in [1.165, 1.54) is 6.20 Å². The van der Waals surface area contributed by atoms with Crippen molar-refractivity contribution in [2.45, 2.75) is 18.9 Å². The lowest BCUT2D eigenvalue weighted by Crippen LogP contribution is -2.34. The molecule has 86 valence electrons. The molecule has 0 bridgehead atoms. The standard InChI is InChI=1S/C10H14N4O2/c1-11-13-4-2-3-10(13)8-5-9(14(15)16)7-12-6-8/h5-7,10-11H,2-4H2,1H3. The van der Waals surface area contributed by atoms with Crippen molar-refractivity contribution in [1.29, 1.82) is 0 Å². The van der Waals surface area contributed by atoms with Gasteiger partial charge in [0.2, 0.25) is 0 Å². The van der Waals surface area contributed by atoms with E-state index in [0.29, 0.717) is 0 Å². The van der Waals surface area contributed by atoms with Gasteiger partial charge in [-0.2, -0.15) is 0 Å². The second-order valence-electron chi connectivity index (χ2n) is 3.81. The second-order valence-corrected chi connectivity index (χ2v) is 3.81. The Hall–Kier alpha value is -1.53. The molecule has 1 aromatic rings. The van der Waals surface area contributed by atoms with Crippen LogP contribution in [-0.2, 0) is 0 Å². The molecule has 0 radical (unpaired) electrons. The average molecular weight is 222 g/mol. The predicted molar refractivity (Wildman–Crippen MR) is 58.6 cm³/mol. The first-order chi connectivity index (χ1) is 7.72. The fraction of sp³-hybridized carbons (Fsp3) is 0.500. The van der Waals surface area contributed by atoms with Crippen LogP contribution in [0.5, 0.6) is 0 Å². The van der Waals surface area contributed by atoms with Gasteiger partial charge in [-0.25, -0.2) is 5.01 Å². The molecule has 0 saturated carbocycles. The zero-order valence-electron chi connectivity index (χ0n) is 9.09. The van der Waals surface area contributed by atoms with Crippen molar-refractivity contribution < 1.29 is 4.92 Å². The van der Waals surface area contributed by atoms with Crippen molar-refractivity contribution in [2.24, 2.45) is 0 Å². The van der Waals surface area contributed by atoms with Crippen LogP contribution >= 0.6 is 0 Å². The quantitative estimate of drug-likeness (QED) is 0.615. The van der Waals surface area contributed by atoms with Crippen LogP contribution in [0.15, 0.2) is 18.5 Å². The van der Waals surface area contributed by atoms with Gasteiger partial charge in [0.1, 0.15) is 6.20 Å². The van der Waals surface area contributed by atoms with Crippen LogP contribution in [0.3, 0.4) is 0 Å². The molecule has 1 aliphatic rings. The maximum absolute atomic E-state index is 10.7. The highest BCUT2D eigenvalue weighted by molar-refractivity contribution is 5.31. The topological polar surface area (TPSA) is 71.3 Å². The Labute approximate surface area is 93.4 Å². The van der Waals surface area contributed by atoms with E-state index in [4.69, 9.17) is 0 Å². The lowest BCUT2D eigenvalue weighted by Gasteiger charge is -2.22. The number of aromatic nitrogens is 1. The van der Waals surface area contributed by atoms with Gasteiger partial charge in [-0.15, -0.1) is 0 Å². The first-order valence-corrected chi connectivity index (χ1v) is 5.25. The Morgan fingerprint density at radius 2 is 2.44 bits per heavy atom. The summed E-state index contributed by atoms with van der Waals surface area (Å²) >= 11 is 0. The first kappa shape index (κ1) is 11.0. The van der Waals surface area contributed by atoms with E-state index < -0.39 is 4.92 Å². The van der Waals surface area contributed by atoms with E-state index in [0.717, 1.165) is 24.9 Å². The van der Waals surface area contributed by atoms with Gasteiger partial charge in [0.25, 0.3) is 5.69 Å². The lowest BCUT2D eigenvalue weighted by atomic mass is 10.1. The summed E-state index contributed by atoms with van der Waals surface area (Å²) in [4.78, 5) is 14.2. The van der Waals surface area contributed by atoms with E-state index in [-0.39, 0.29) is 11.7 Å². The number of nitrogens with zero attached hydrogens (tertiary/aromatic N) is 3. The van der Waals surface area contributed by atoms with Crippen LogP contribution in [0.4, 0.5) is 5.69 Å². The van der Waals surface area contributed by atoms with Crippen LogP contribution in [-0.4, -0.2) is 28.5 Å². The second kappa shape index (κ2) is 4.54. The molecule has 6 nitrogen and oxygen atoms in total. The Balaban J connectivity index is 2.26. The molecule has 2 heterocycles. The van der Waals surface area contributed by atoms with Crippen molar-refractivity contribution in [1.82, 2.24) is 15.4 Å². The molecule has 1 unspecified atom stereocenters.